The Hall–Kier alpha value is -6.29. The first-order valence-electron chi connectivity index (χ1n) is 26.4. The molecule has 2 aromatic carbocycles. The summed E-state index contributed by atoms with van der Waals surface area (Å²) in [6.45, 7) is 13.7. The number of hydrogen-bond donors (Lipinski definition) is 6. The Balaban J connectivity index is 0.789. The number of benzene rings is 3. The van der Waals surface area contributed by atoms with Gasteiger partial charge in [0.1, 0.15) is 49.2 Å². The highest BCUT2D eigenvalue weighted by molar-refractivity contribution is 7.85. The third-order valence-corrected chi connectivity index (χ3v) is 16.6. The van der Waals surface area contributed by atoms with Crippen LogP contribution in [0.5, 0.6) is 0 Å². The number of hydrogen-bond acceptors (Lipinski definition) is 15. The zero-order valence-electron chi connectivity index (χ0n) is 44.1. The van der Waals surface area contributed by atoms with E-state index in [2.05, 4.69) is 118 Å². The quantitative estimate of drug-likeness (QED) is 0.0173. The molecule has 1 amide bonds. The molecule has 9 rings (SSSR count). The van der Waals surface area contributed by atoms with E-state index in [9.17, 15) is 32.3 Å². The van der Waals surface area contributed by atoms with E-state index in [-0.39, 0.29) is 23.2 Å². The van der Waals surface area contributed by atoms with Crippen LogP contribution in [0.1, 0.15) is 102 Å². The number of nitrogens with one attached hydrogen (secondary N) is 2. The molecule has 4 aliphatic heterocycles. The third kappa shape index (κ3) is 11.9. The summed E-state index contributed by atoms with van der Waals surface area (Å²) in [5.41, 5.74) is 12.8. The smallest absolute Gasteiger partial charge is 0.456 e. The second-order valence-electron chi connectivity index (χ2n) is 20.2. The number of amides is 1. The molecule has 0 bridgehead atoms. The van der Waals surface area contributed by atoms with Gasteiger partial charge in [0, 0.05) is 65.6 Å². The lowest BCUT2D eigenvalue weighted by Crippen LogP contribution is -2.39. The maximum Gasteiger partial charge on any atom is 0.472 e. The Labute approximate surface area is 448 Å². The predicted molar refractivity (Wildman–Crippen MR) is 294 cm³/mol. The lowest BCUT2D eigenvalue weighted by molar-refractivity contribution is -0.121. The molecule has 0 spiro atoms. The van der Waals surface area contributed by atoms with E-state index in [0.717, 1.165) is 108 Å². The summed E-state index contributed by atoms with van der Waals surface area (Å²) in [7, 11) is -8.77. The lowest BCUT2D eigenvalue weighted by atomic mass is 9.83. The molecule has 77 heavy (non-hydrogen) atoms. The lowest BCUT2D eigenvalue weighted by Gasteiger charge is -2.27. The summed E-state index contributed by atoms with van der Waals surface area (Å²) in [5.74, 6) is 2.04. The first kappa shape index (κ1) is 55.5. The molecule has 410 valence electrons. The maximum atomic E-state index is 12.9. The molecule has 22 heteroatoms. The summed E-state index contributed by atoms with van der Waals surface area (Å²) in [5, 5.41) is 18.6. The van der Waals surface area contributed by atoms with E-state index in [1.807, 2.05) is 18.2 Å². The summed E-state index contributed by atoms with van der Waals surface area (Å²) in [6.07, 6.45) is 9.22. The van der Waals surface area contributed by atoms with Crippen molar-refractivity contribution in [2.45, 2.75) is 121 Å². The van der Waals surface area contributed by atoms with Gasteiger partial charge in [0.15, 0.2) is 23.2 Å². The zero-order chi connectivity index (χ0) is 54.6. The largest absolute Gasteiger partial charge is 0.472 e. The van der Waals surface area contributed by atoms with Gasteiger partial charge in [-0.1, -0.05) is 75.6 Å². The third-order valence-electron chi connectivity index (χ3n) is 14.8. The average molecular weight is 1100 g/mol. The number of carbonyl (C=O) groups is 1. The number of allylic oxidation sites excluding steroid dienone is 3. The van der Waals surface area contributed by atoms with Gasteiger partial charge in [-0.2, -0.15) is 8.42 Å². The zero-order valence-corrected chi connectivity index (χ0v) is 45.8. The first-order chi connectivity index (χ1) is 36.9. The molecule has 7 N–H and O–H groups in total. The van der Waals surface area contributed by atoms with Crippen LogP contribution in [-0.2, 0) is 38.7 Å². The predicted octanol–water partition coefficient (Wildman–Crippen LogP) is 7.96. The Kier molecular flexibility index (Phi) is 16.8. The first-order valence-corrected chi connectivity index (χ1v) is 29.3. The van der Waals surface area contributed by atoms with Crippen molar-refractivity contribution in [2.24, 2.45) is 0 Å². The molecule has 2 fully saturated rings. The van der Waals surface area contributed by atoms with Gasteiger partial charge in [-0.3, -0.25) is 23.0 Å². The van der Waals surface area contributed by atoms with E-state index in [1.54, 1.807) is 16.7 Å². The monoisotopic (exact) mass is 1090 g/mol. The number of rotatable bonds is 21. The van der Waals surface area contributed by atoms with Crippen molar-refractivity contribution in [3.05, 3.63) is 113 Å². The van der Waals surface area contributed by atoms with Gasteiger partial charge in [0.05, 0.1) is 17.6 Å². The molecule has 4 aromatic rings. The Morgan fingerprint density at radius 1 is 0.987 bits per heavy atom. The van der Waals surface area contributed by atoms with Crippen molar-refractivity contribution in [3.8, 4) is 22.6 Å². The molecular weight excluding hydrogens is 1030 g/mol. The van der Waals surface area contributed by atoms with Crippen molar-refractivity contribution < 1.29 is 50.5 Å². The number of anilines is 3. The van der Waals surface area contributed by atoms with Crippen LogP contribution in [0.25, 0.3) is 39.9 Å². The molecule has 6 heterocycles. The molecule has 0 radical (unpaired) electrons. The Morgan fingerprint density at radius 2 is 1.74 bits per heavy atom. The number of aliphatic hydroxyl groups excluding tert-OH is 1. The molecule has 1 unspecified atom stereocenters. The standard InChI is InChI=1S/C55H68N9O11PS/c1-6-62(7-2)37-24-26-40-39(35(3)49(73-43(40)31-37)36-19-12-10-13-20-36)21-18-22-45-55(4,5)41-32-38(77(69,70)71)25-27-42(41)63(45)30-17-11-14-23-46(65)57-28-15-8-9-16-29-58-54-61-47-51(56)59-34-60-52(47)64(54)53-48(66)50-44(74-53)33-72-76(67,68)75-50/h10,12-13,18-22,24-27,31-32,34,44,48,50,53,66H,6-9,11,14-17,23,28-30,33H2,1-5H3,(H5-,56,57,58,59,60,61,65,67,68,69,70,71)/p+1/t44-,48-,50-,53-/m1/s1. The normalized spacial score (nSPS) is 21.6. The van der Waals surface area contributed by atoms with Crippen molar-refractivity contribution in [2.75, 3.05) is 55.3 Å². The van der Waals surface area contributed by atoms with Gasteiger partial charge in [-0.05, 0) is 87.9 Å². The van der Waals surface area contributed by atoms with E-state index < -0.39 is 47.9 Å². The highest BCUT2D eigenvalue weighted by Crippen LogP contribution is 2.53. The van der Waals surface area contributed by atoms with E-state index in [4.69, 9.17) is 23.9 Å². The number of aromatic nitrogens is 4. The van der Waals surface area contributed by atoms with E-state index >= 15 is 0 Å². The van der Waals surface area contributed by atoms with Crippen LogP contribution >= 0.6 is 7.82 Å². The summed E-state index contributed by atoms with van der Waals surface area (Å²) < 4.78 is 73.4. The van der Waals surface area contributed by atoms with Gasteiger partial charge in [0.25, 0.3) is 10.1 Å². The molecule has 20 nitrogen and oxygen atoms in total. The van der Waals surface area contributed by atoms with Gasteiger partial charge in [0.2, 0.25) is 17.2 Å². The number of nitrogen functional groups attached to an aromatic ring is 1. The van der Waals surface area contributed by atoms with Crippen molar-refractivity contribution in [1.29, 1.82) is 0 Å². The van der Waals surface area contributed by atoms with Crippen LogP contribution in [0.4, 0.5) is 17.5 Å². The van der Waals surface area contributed by atoms with Crippen LogP contribution in [0.3, 0.4) is 0 Å². The summed E-state index contributed by atoms with van der Waals surface area (Å²) in [4.78, 5) is 37.8. The SMILES string of the molecule is CC[N+](CC)=c1ccc2c(/C=C/C=C3/N(CCCCCC(=O)NCCCCCCNc4nc5c(N)ncnc5n4[C@@H]4O[C@@H]5COP(=O)(O)O[C@H]5[C@H]4O)c4ccc(S(=O)(=O)O)cc4C3(C)C)c(C)c(-c3ccccc3)oc-2c1. The fourth-order valence-electron chi connectivity index (χ4n) is 10.7. The van der Waals surface area contributed by atoms with Crippen molar-refractivity contribution in [3.63, 3.8) is 0 Å². The van der Waals surface area contributed by atoms with Crippen LogP contribution in [0.15, 0.2) is 100 Å². The van der Waals surface area contributed by atoms with Gasteiger partial charge < -0.3 is 40.4 Å². The number of nitrogens with two attached hydrogens (primary N) is 1. The maximum absolute atomic E-state index is 12.9. The second-order valence-corrected chi connectivity index (χ2v) is 23.0. The Morgan fingerprint density at radius 3 is 2.49 bits per heavy atom. The minimum atomic E-state index is -4.44. The highest BCUT2D eigenvalue weighted by Gasteiger charge is 2.53. The highest BCUT2D eigenvalue weighted by atomic mass is 32.2. The van der Waals surface area contributed by atoms with E-state index in [1.165, 1.54) is 12.4 Å². The van der Waals surface area contributed by atoms with E-state index in [0.29, 0.717) is 49.6 Å². The minimum Gasteiger partial charge on any atom is -0.456 e. The van der Waals surface area contributed by atoms with Crippen LogP contribution in [0.2, 0.25) is 0 Å². The number of imidazole rings is 1. The molecule has 5 atom stereocenters. The van der Waals surface area contributed by atoms with Crippen LogP contribution in [0, 0.1) is 6.92 Å². The fourth-order valence-corrected chi connectivity index (χ4v) is 12.1. The van der Waals surface area contributed by atoms with Crippen LogP contribution < -0.4 is 31.2 Å². The number of phosphoric ester groups is 1. The van der Waals surface area contributed by atoms with Gasteiger partial charge in [-0.15, -0.1) is 0 Å². The second kappa shape index (κ2) is 23.4. The number of unbranched alkanes of at least 4 members (excludes halogenated alkanes) is 5. The number of nitrogens with zero attached hydrogens (tertiary/aromatic N) is 6. The number of ether oxygens (including phenoxy) is 1. The number of aliphatic hydroxyl groups is 1. The molecule has 2 aromatic heterocycles. The Bertz CT molecular complexity index is 3390. The van der Waals surface area contributed by atoms with Gasteiger partial charge >= 0.3 is 7.82 Å². The number of carbonyl (C=O) groups excluding carboxylic acids is 1. The van der Waals surface area contributed by atoms with Gasteiger partial charge in [-0.25, -0.2) is 24.1 Å². The van der Waals surface area contributed by atoms with Crippen molar-refractivity contribution >= 4 is 58.5 Å². The molecule has 5 aliphatic rings. The van der Waals surface area contributed by atoms with Crippen molar-refractivity contribution in [1.82, 2.24) is 29.4 Å². The summed E-state index contributed by atoms with van der Waals surface area (Å²) >= 11 is 0. The fraction of sp³-hybridized carbons (Fsp3) is 0.436. The van der Waals surface area contributed by atoms with Crippen LogP contribution in [-0.4, -0.2) is 106 Å². The average Bonchev–Trinajstić information content (AvgIpc) is 4.06. The minimum absolute atomic E-state index is 0.00443. The molecule has 0 saturated carbocycles. The molecule has 1 aliphatic carbocycles. The molecular formula is C55H69N9O11PS+. The summed E-state index contributed by atoms with van der Waals surface area (Å²) in [6, 6.07) is 21.3. The number of fused-ring (bicyclic) bond motifs is 4. The molecule has 2 saturated heterocycles. The number of phosphoric acid groups is 1. The topological polar surface area (TPSA) is 270 Å².